The number of aromatic nitrogens is 2. The van der Waals surface area contributed by atoms with Crippen LogP contribution in [-0.4, -0.2) is 44.9 Å². The lowest BCUT2D eigenvalue weighted by atomic mass is 10.1. The van der Waals surface area contributed by atoms with E-state index in [1.165, 1.54) is 10.9 Å². The van der Waals surface area contributed by atoms with Gasteiger partial charge in [-0.25, -0.2) is 0 Å². The van der Waals surface area contributed by atoms with Crippen LogP contribution in [0.1, 0.15) is 12.8 Å². The Kier molecular flexibility index (Phi) is 3.09. The Labute approximate surface area is 93.6 Å². The first-order valence-electron chi connectivity index (χ1n) is 5.39. The molecule has 0 saturated carbocycles. The van der Waals surface area contributed by atoms with Crippen molar-refractivity contribution < 1.29 is 9.90 Å². The number of piperidine rings is 1. The van der Waals surface area contributed by atoms with E-state index in [0.717, 1.165) is 12.8 Å². The van der Waals surface area contributed by atoms with Crippen molar-refractivity contribution in [2.75, 3.05) is 18.8 Å². The van der Waals surface area contributed by atoms with E-state index in [-0.39, 0.29) is 18.6 Å². The SMILES string of the molecule is Nc1cnn(CC(=O)N2CCC[C@H](O)C2)c1. The molecule has 0 aliphatic carbocycles. The molecule has 1 aliphatic heterocycles. The third-order valence-electron chi connectivity index (χ3n) is 2.70. The average Bonchev–Trinajstić information content (AvgIpc) is 2.64. The molecule has 0 radical (unpaired) electrons. The minimum Gasteiger partial charge on any atom is -0.396 e. The lowest BCUT2D eigenvalue weighted by molar-refractivity contribution is -0.135. The molecule has 16 heavy (non-hydrogen) atoms. The van der Waals surface area contributed by atoms with Crippen molar-refractivity contribution in [3.8, 4) is 0 Å². The highest BCUT2D eigenvalue weighted by atomic mass is 16.3. The summed E-state index contributed by atoms with van der Waals surface area (Å²) < 4.78 is 1.51. The molecule has 1 atom stereocenters. The minimum absolute atomic E-state index is 0.0261. The van der Waals surface area contributed by atoms with Gasteiger partial charge < -0.3 is 15.7 Å². The van der Waals surface area contributed by atoms with E-state index >= 15 is 0 Å². The van der Waals surface area contributed by atoms with Crippen LogP contribution in [0.2, 0.25) is 0 Å². The lowest BCUT2D eigenvalue weighted by Gasteiger charge is -2.30. The smallest absolute Gasteiger partial charge is 0.244 e. The number of carbonyl (C=O) groups is 1. The van der Waals surface area contributed by atoms with Gasteiger partial charge in [-0.1, -0.05) is 0 Å². The van der Waals surface area contributed by atoms with Gasteiger partial charge in [0, 0.05) is 19.3 Å². The van der Waals surface area contributed by atoms with Crippen LogP contribution in [0.25, 0.3) is 0 Å². The third kappa shape index (κ3) is 2.52. The van der Waals surface area contributed by atoms with Crippen molar-refractivity contribution in [2.45, 2.75) is 25.5 Å². The van der Waals surface area contributed by atoms with E-state index < -0.39 is 0 Å². The summed E-state index contributed by atoms with van der Waals surface area (Å²) >= 11 is 0. The molecule has 1 amide bonds. The van der Waals surface area contributed by atoms with Crippen molar-refractivity contribution in [1.82, 2.24) is 14.7 Å². The fraction of sp³-hybridized carbons (Fsp3) is 0.600. The number of β-amino-alcohol motifs (C(OH)–C–C–N with tert-alkyl or cyclic N) is 1. The Morgan fingerprint density at radius 1 is 1.69 bits per heavy atom. The normalized spacial score (nSPS) is 21.1. The molecule has 6 heteroatoms. The van der Waals surface area contributed by atoms with Crippen LogP contribution in [0.3, 0.4) is 0 Å². The summed E-state index contributed by atoms with van der Waals surface area (Å²) in [6.07, 6.45) is 4.38. The van der Waals surface area contributed by atoms with Crippen molar-refractivity contribution in [2.24, 2.45) is 0 Å². The number of anilines is 1. The molecule has 1 fully saturated rings. The van der Waals surface area contributed by atoms with E-state index in [0.29, 0.717) is 18.8 Å². The number of aliphatic hydroxyl groups excluding tert-OH is 1. The molecule has 0 aromatic carbocycles. The van der Waals surface area contributed by atoms with Crippen LogP contribution in [0.4, 0.5) is 5.69 Å². The number of rotatable bonds is 2. The standard InChI is InChI=1S/C10H16N4O2/c11-8-4-12-14(5-8)7-10(16)13-3-1-2-9(15)6-13/h4-5,9,15H,1-3,6-7,11H2/t9-/m0/s1. The van der Waals surface area contributed by atoms with Gasteiger partial charge in [-0.3, -0.25) is 9.48 Å². The van der Waals surface area contributed by atoms with Gasteiger partial charge in [-0.2, -0.15) is 5.10 Å². The van der Waals surface area contributed by atoms with Gasteiger partial charge in [0.15, 0.2) is 0 Å². The van der Waals surface area contributed by atoms with Crippen LogP contribution < -0.4 is 5.73 Å². The summed E-state index contributed by atoms with van der Waals surface area (Å²) in [7, 11) is 0. The lowest BCUT2D eigenvalue weighted by Crippen LogP contribution is -2.43. The van der Waals surface area contributed by atoms with Gasteiger partial charge >= 0.3 is 0 Å². The summed E-state index contributed by atoms with van der Waals surface area (Å²) in [6.45, 7) is 1.33. The largest absolute Gasteiger partial charge is 0.396 e. The topological polar surface area (TPSA) is 84.4 Å². The average molecular weight is 224 g/mol. The number of hydrogen-bond donors (Lipinski definition) is 2. The van der Waals surface area contributed by atoms with Crippen LogP contribution in [-0.2, 0) is 11.3 Å². The van der Waals surface area contributed by atoms with E-state index in [1.54, 1.807) is 11.1 Å². The van der Waals surface area contributed by atoms with Gasteiger partial charge in [0.2, 0.25) is 5.91 Å². The Bertz CT molecular complexity index is 377. The molecule has 1 aromatic heterocycles. The van der Waals surface area contributed by atoms with Crippen molar-refractivity contribution in [3.63, 3.8) is 0 Å². The first-order chi connectivity index (χ1) is 7.65. The van der Waals surface area contributed by atoms with Crippen molar-refractivity contribution >= 4 is 11.6 Å². The maximum atomic E-state index is 11.8. The van der Waals surface area contributed by atoms with Crippen molar-refractivity contribution in [1.29, 1.82) is 0 Å². The predicted molar refractivity (Wildman–Crippen MR) is 58.5 cm³/mol. The first-order valence-corrected chi connectivity index (χ1v) is 5.39. The van der Waals surface area contributed by atoms with E-state index in [4.69, 9.17) is 5.73 Å². The molecule has 1 saturated heterocycles. The molecule has 3 N–H and O–H groups in total. The van der Waals surface area contributed by atoms with Crippen LogP contribution in [0.5, 0.6) is 0 Å². The number of nitrogens with two attached hydrogens (primary N) is 1. The minimum atomic E-state index is -0.389. The third-order valence-corrected chi connectivity index (χ3v) is 2.70. The summed E-state index contributed by atoms with van der Waals surface area (Å²) in [5.41, 5.74) is 6.05. The molecule has 0 unspecified atom stereocenters. The number of carbonyl (C=O) groups excluding carboxylic acids is 1. The molecule has 1 aromatic rings. The number of nitrogens with zero attached hydrogens (tertiary/aromatic N) is 3. The number of likely N-dealkylation sites (tertiary alicyclic amines) is 1. The van der Waals surface area contributed by atoms with Gasteiger partial charge in [0.1, 0.15) is 6.54 Å². The molecule has 0 bridgehead atoms. The highest BCUT2D eigenvalue weighted by Crippen LogP contribution is 2.10. The summed E-state index contributed by atoms with van der Waals surface area (Å²) in [5, 5.41) is 13.4. The second-order valence-electron chi connectivity index (χ2n) is 4.11. The van der Waals surface area contributed by atoms with Gasteiger partial charge in [-0.15, -0.1) is 0 Å². The fourth-order valence-corrected chi connectivity index (χ4v) is 1.89. The maximum absolute atomic E-state index is 11.8. The molecule has 6 nitrogen and oxygen atoms in total. The van der Waals surface area contributed by atoms with Gasteiger partial charge in [0.05, 0.1) is 18.0 Å². The Morgan fingerprint density at radius 2 is 2.50 bits per heavy atom. The Balaban J connectivity index is 1.92. The Morgan fingerprint density at radius 3 is 3.12 bits per heavy atom. The summed E-state index contributed by atoms with van der Waals surface area (Å²) in [4.78, 5) is 13.5. The maximum Gasteiger partial charge on any atom is 0.244 e. The fourth-order valence-electron chi connectivity index (χ4n) is 1.89. The van der Waals surface area contributed by atoms with Crippen LogP contribution >= 0.6 is 0 Å². The quantitative estimate of drug-likeness (QED) is 0.706. The zero-order chi connectivity index (χ0) is 11.5. The van der Waals surface area contributed by atoms with E-state index in [9.17, 15) is 9.90 Å². The molecular weight excluding hydrogens is 208 g/mol. The molecule has 88 valence electrons. The Hall–Kier alpha value is -1.56. The van der Waals surface area contributed by atoms with Crippen molar-refractivity contribution in [3.05, 3.63) is 12.4 Å². The number of hydrogen-bond acceptors (Lipinski definition) is 4. The highest BCUT2D eigenvalue weighted by molar-refractivity contribution is 5.76. The second-order valence-corrected chi connectivity index (χ2v) is 4.11. The summed E-state index contributed by atoms with van der Waals surface area (Å²) in [6, 6.07) is 0. The molecule has 2 rings (SSSR count). The van der Waals surface area contributed by atoms with Gasteiger partial charge in [0.25, 0.3) is 0 Å². The van der Waals surface area contributed by atoms with Gasteiger partial charge in [-0.05, 0) is 12.8 Å². The number of amides is 1. The zero-order valence-corrected chi connectivity index (χ0v) is 9.04. The molecular formula is C10H16N4O2. The monoisotopic (exact) mass is 224 g/mol. The highest BCUT2D eigenvalue weighted by Gasteiger charge is 2.22. The molecule has 0 spiro atoms. The zero-order valence-electron chi connectivity index (χ0n) is 9.04. The van der Waals surface area contributed by atoms with Crippen LogP contribution in [0, 0.1) is 0 Å². The number of aliphatic hydroxyl groups is 1. The predicted octanol–water partition coefficient (Wildman–Crippen LogP) is -0.551. The summed E-state index contributed by atoms with van der Waals surface area (Å²) in [5.74, 6) is -0.0261. The molecule has 1 aliphatic rings. The first kappa shape index (κ1) is 10.9. The molecule has 2 heterocycles. The van der Waals surface area contributed by atoms with E-state index in [2.05, 4.69) is 5.10 Å². The second kappa shape index (κ2) is 4.52. The van der Waals surface area contributed by atoms with Crippen LogP contribution in [0.15, 0.2) is 12.4 Å². The van der Waals surface area contributed by atoms with E-state index in [1.807, 2.05) is 0 Å². The number of nitrogen functional groups attached to an aromatic ring is 1.